The highest BCUT2D eigenvalue weighted by Gasteiger charge is 2.27. The quantitative estimate of drug-likeness (QED) is 0.722. The van der Waals surface area contributed by atoms with E-state index in [1.807, 2.05) is 13.8 Å². The van der Waals surface area contributed by atoms with Gasteiger partial charge in [-0.1, -0.05) is 0 Å². The van der Waals surface area contributed by atoms with Crippen LogP contribution in [0.25, 0.3) is 0 Å². The van der Waals surface area contributed by atoms with Gasteiger partial charge in [-0.25, -0.2) is 0 Å². The molecular formula is C17H26N3O4+. The summed E-state index contributed by atoms with van der Waals surface area (Å²) in [4.78, 5) is 24.8. The molecule has 132 valence electrons. The van der Waals surface area contributed by atoms with Crippen LogP contribution in [-0.2, 0) is 14.3 Å². The number of benzene rings is 1. The van der Waals surface area contributed by atoms with E-state index >= 15 is 0 Å². The normalized spacial score (nSPS) is 23.4. The van der Waals surface area contributed by atoms with Crippen LogP contribution in [0.2, 0.25) is 0 Å². The average molecular weight is 336 g/mol. The van der Waals surface area contributed by atoms with Crippen molar-refractivity contribution in [1.82, 2.24) is 0 Å². The molecule has 1 heterocycles. The molecule has 1 saturated heterocycles. The Labute approximate surface area is 142 Å². The predicted molar refractivity (Wildman–Crippen MR) is 91.5 cm³/mol. The van der Waals surface area contributed by atoms with Gasteiger partial charge in [-0.05, 0) is 32.0 Å². The third kappa shape index (κ3) is 5.21. The monoisotopic (exact) mass is 336 g/mol. The van der Waals surface area contributed by atoms with Crippen molar-refractivity contribution in [1.29, 1.82) is 0 Å². The third-order valence-corrected chi connectivity index (χ3v) is 3.82. The zero-order valence-electron chi connectivity index (χ0n) is 14.6. The molecule has 0 aromatic heterocycles. The number of ether oxygens (including phenoxy) is 2. The van der Waals surface area contributed by atoms with Crippen LogP contribution in [0, 0.1) is 0 Å². The first-order valence-corrected chi connectivity index (χ1v) is 8.12. The van der Waals surface area contributed by atoms with Gasteiger partial charge in [0.05, 0.1) is 12.8 Å². The number of methoxy groups -OCH3 is 1. The Morgan fingerprint density at radius 2 is 1.92 bits per heavy atom. The van der Waals surface area contributed by atoms with Crippen LogP contribution in [0.1, 0.15) is 20.8 Å². The molecule has 0 saturated carbocycles. The number of quaternary nitrogens is 1. The van der Waals surface area contributed by atoms with E-state index in [-0.39, 0.29) is 24.0 Å². The van der Waals surface area contributed by atoms with Gasteiger partial charge in [0.2, 0.25) is 5.91 Å². The Bertz CT molecular complexity index is 595. The average Bonchev–Trinajstić information content (AvgIpc) is 2.45. The number of amides is 2. The molecule has 1 unspecified atom stereocenters. The summed E-state index contributed by atoms with van der Waals surface area (Å²) in [5, 5.41) is 5.57. The summed E-state index contributed by atoms with van der Waals surface area (Å²) >= 11 is 0. The van der Waals surface area contributed by atoms with Gasteiger partial charge < -0.3 is 25.0 Å². The molecular weight excluding hydrogens is 310 g/mol. The summed E-state index contributed by atoms with van der Waals surface area (Å²) in [6.07, 6.45) is 0.295. The number of anilines is 2. The molecule has 24 heavy (non-hydrogen) atoms. The van der Waals surface area contributed by atoms with E-state index in [0.717, 1.165) is 13.1 Å². The molecule has 3 N–H and O–H groups in total. The second-order valence-corrected chi connectivity index (χ2v) is 6.24. The molecule has 2 amide bonds. The number of hydrogen-bond donors (Lipinski definition) is 3. The van der Waals surface area contributed by atoms with Crippen molar-refractivity contribution < 1.29 is 24.0 Å². The van der Waals surface area contributed by atoms with Crippen LogP contribution in [0.5, 0.6) is 5.75 Å². The number of carbonyl (C=O) groups excluding carboxylic acids is 2. The summed E-state index contributed by atoms with van der Waals surface area (Å²) in [7, 11) is 1.54. The van der Waals surface area contributed by atoms with Crippen LogP contribution in [0.15, 0.2) is 18.2 Å². The van der Waals surface area contributed by atoms with Gasteiger partial charge in [0.25, 0.3) is 5.91 Å². The Hall–Kier alpha value is -2.12. The zero-order chi connectivity index (χ0) is 17.7. The van der Waals surface area contributed by atoms with Gasteiger partial charge in [0, 0.05) is 12.6 Å². The second-order valence-electron chi connectivity index (χ2n) is 6.24. The number of morpholine rings is 1. The van der Waals surface area contributed by atoms with Crippen molar-refractivity contribution in [3.8, 4) is 5.75 Å². The third-order valence-electron chi connectivity index (χ3n) is 3.82. The maximum absolute atomic E-state index is 12.4. The van der Waals surface area contributed by atoms with Crippen LogP contribution >= 0.6 is 0 Å². The van der Waals surface area contributed by atoms with E-state index in [1.165, 1.54) is 11.8 Å². The lowest BCUT2D eigenvalue weighted by atomic mass is 10.2. The molecule has 7 nitrogen and oxygen atoms in total. The highest BCUT2D eigenvalue weighted by Crippen LogP contribution is 2.27. The van der Waals surface area contributed by atoms with E-state index < -0.39 is 0 Å². The highest BCUT2D eigenvalue weighted by atomic mass is 16.5. The molecule has 0 spiro atoms. The Morgan fingerprint density at radius 1 is 1.25 bits per heavy atom. The minimum absolute atomic E-state index is 0.0930. The van der Waals surface area contributed by atoms with E-state index in [1.54, 1.807) is 25.3 Å². The van der Waals surface area contributed by atoms with Crippen molar-refractivity contribution in [2.75, 3.05) is 37.4 Å². The van der Waals surface area contributed by atoms with Crippen LogP contribution in [0.4, 0.5) is 11.4 Å². The smallest absolute Gasteiger partial charge is 0.279 e. The predicted octanol–water partition coefficient (Wildman–Crippen LogP) is 0.284. The first kappa shape index (κ1) is 18.2. The van der Waals surface area contributed by atoms with Crippen LogP contribution < -0.4 is 20.3 Å². The largest absolute Gasteiger partial charge is 0.495 e. The molecule has 1 aromatic rings. The lowest BCUT2D eigenvalue weighted by Crippen LogP contribution is -3.16. The maximum Gasteiger partial charge on any atom is 0.279 e. The zero-order valence-corrected chi connectivity index (χ0v) is 14.6. The van der Waals surface area contributed by atoms with E-state index in [2.05, 4.69) is 10.6 Å². The van der Waals surface area contributed by atoms with E-state index in [9.17, 15) is 9.59 Å². The number of hydrogen-bond acceptors (Lipinski definition) is 4. The van der Waals surface area contributed by atoms with Gasteiger partial charge in [-0.15, -0.1) is 0 Å². The van der Waals surface area contributed by atoms with Crippen molar-refractivity contribution in [3.63, 3.8) is 0 Å². The summed E-state index contributed by atoms with van der Waals surface area (Å²) in [6, 6.07) is 5.14. The minimum Gasteiger partial charge on any atom is -0.495 e. The first-order chi connectivity index (χ1) is 11.4. The standard InChI is InChI=1S/C17H25N3O4/c1-11-8-20(9-12(2)24-11)10-17(22)19-15-7-14(18-13(3)21)5-6-16(15)23-4/h5-7,11-12H,8-10H2,1-4H3,(H,18,21)(H,19,22)/p+1/t11-,12+. The first-order valence-electron chi connectivity index (χ1n) is 8.12. The van der Waals surface area contributed by atoms with Gasteiger partial charge in [-0.3, -0.25) is 9.59 Å². The maximum atomic E-state index is 12.4. The fourth-order valence-electron chi connectivity index (χ4n) is 3.04. The second kappa shape index (κ2) is 8.12. The lowest BCUT2D eigenvalue weighted by molar-refractivity contribution is -0.907. The van der Waals surface area contributed by atoms with Gasteiger partial charge in [0.1, 0.15) is 31.0 Å². The fraction of sp³-hybridized carbons (Fsp3) is 0.529. The molecule has 1 aliphatic heterocycles. The van der Waals surface area contributed by atoms with Crippen LogP contribution in [-0.4, -0.2) is 50.8 Å². The number of carbonyl (C=O) groups is 2. The highest BCUT2D eigenvalue weighted by molar-refractivity contribution is 5.95. The molecule has 0 aliphatic carbocycles. The summed E-state index contributed by atoms with van der Waals surface area (Å²) in [5.74, 6) is 0.291. The fourth-order valence-corrected chi connectivity index (χ4v) is 3.04. The Morgan fingerprint density at radius 3 is 2.50 bits per heavy atom. The van der Waals surface area contributed by atoms with E-state index in [0.29, 0.717) is 23.7 Å². The molecule has 7 heteroatoms. The number of rotatable bonds is 5. The topological polar surface area (TPSA) is 81.1 Å². The SMILES string of the molecule is COc1ccc(NC(C)=O)cc1NC(=O)C[NH+]1C[C@@H](C)O[C@@H](C)C1. The number of nitrogens with one attached hydrogen (secondary N) is 3. The summed E-state index contributed by atoms with van der Waals surface area (Å²) < 4.78 is 11.0. The molecule has 0 bridgehead atoms. The molecule has 1 aliphatic rings. The minimum atomic E-state index is -0.168. The molecule has 1 aromatic carbocycles. The van der Waals surface area contributed by atoms with Crippen molar-refractivity contribution in [3.05, 3.63) is 18.2 Å². The summed E-state index contributed by atoms with van der Waals surface area (Å²) in [6.45, 7) is 7.46. The molecule has 3 atom stereocenters. The lowest BCUT2D eigenvalue weighted by Gasteiger charge is -2.31. The van der Waals surface area contributed by atoms with Gasteiger partial charge in [0.15, 0.2) is 6.54 Å². The Kier molecular flexibility index (Phi) is 6.16. The molecule has 1 fully saturated rings. The Balaban J connectivity index is 2.03. The van der Waals surface area contributed by atoms with Crippen molar-refractivity contribution >= 4 is 23.2 Å². The van der Waals surface area contributed by atoms with E-state index in [4.69, 9.17) is 9.47 Å². The van der Waals surface area contributed by atoms with Gasteiger partial charge >= 0.3 is 0 Å². The summed E-state index contributed by atoms with van der Waals surface area (Å²) in [5.41, 5.74) is 1.15. The van der Waals surface area contributed by atoms with Crippen molar-refractivity contribution in [2.24, 2.45) is 0 Å². The van der Waals surface area contributed by atoms with Crippen molar-refractivity contribution in [2.45, 2.75) is 33.0 Å². The van der Waals surface area contributed by atoms with Crippen LogP contribution in [0.3, 0.4) is 0 Å². The molecule has 2 rings (SSSR count). The molecule has 0 radical (unpaired) electrons. The van der Waals surface area contributed by atoms with Gasteiger partial charge in [-0.2, -0.15) is 0 Å².